The molecule has 2 rings (SSSR count). The lowest BCUT2D eigenvalue weighted by Crippen LogP contribution is -2.03. The van der Waals surface area contributed by atoms with Crippen molar-refractivity contribution < 1.29 is 23.7 Å². The van der Waals surface area contributed by atoms with Crippen LogP contribution in [-0.4, -0.2) is 34.2 Å². The van der Waals surface area contributed by atoms with Crippen molar-refractivity contribution in [2.75, 3.05) is 28.4 Å². The number of rotatable bonds is 9. The van der Waals surface area contributed by atoms with Gasteiger partial charge in [0.2, 0.25) is 0 Å². The van der Waals surface area contributed by atoms with Crippen molar-refractivity contribution in [1.82, 2.24) is 0 Å². The molecule has 0 amide bonds. The number of benzene rings is 2. The molecule has 0 atom stereocenters. The van der Waals surface area contributed by atoms with Crippen molar-refractivity contribution in [3.63, 3.8) is 0 Å². The minimum absolute atomic E-state index is 0.155. The molecule has 0 spiro atoms. The summed E-state index contributed by atoms with van der Waals surface area (Å²) in [6, 6.07) is 9.06. The van der Waals surface area contributed by atoms with Gasteiger partial charge in [-0.2, -0.15) is 0 Å². The highest BCUT2D eigenvalue weighted by Gasteiger charge is 2.15. The summed E-state index contributed by atoms with van der Waals surface area (Å²) in [7, 11) is 6.31. The average molecular weight is 396 g/mol. The van der Waals surface area contributed by atoms with Crippen LogP contribution in [0, 0.1) is 0 Å². The van der Waals surface area contributed by atoms with Gasteiger partial charge in [-0.15, -0.1) is 0 Å². The molecule has 0 aromatic heterocycles. The quantitative estimate of drug-likeness (QED) is 0.334. The zero-order chi connectivity index (χ0) is 21.4. The molecular formula is C24H28O5. The molecule has 2 aromatic rings. The fourth-order valence-corrected chi connectivity index (χ4v) is 2.85. The van der Waals surface area contributed by atoms with Gasteiger partial charge in [-0.3, -0.25) is 4.79 Å². The first kappa shape index (κ1) is 22.1. The molecule has 154 valence electrons. The molecule has 0 aliphatic heterocycles. The Balaban J connectivity index is 2.37. The molecular weight excluding hydrogens is 368 g/mol. The van der Waals surface area contributed by atoms with Crippen LogP contribution in [0.2, 0.25) is 0 Å². The van der Waals surface area contributed by atoms with Gasteiger partial charge in [0.25, 0.3) is 0 Å². The Morgan fingerprint density at radius 2 is 1.48 bits per heavy atom. The Kier molecular flexibility index (Phi) is 7.89. The highest BCUT2D eigenvalue weighted by Crippen LogP contribution is 2.31. The number of allylic oxidation sites excluding steroid dienone is 3. The first-order valence-corrected chi connectivity index (χ1v) is 9.26. The van der Waals surface area contributed by atoms with E-state index in [0.29, 0.717) is 35.0 Å². The van der Waals surface area contributed by atoms with Crippen LogP contribution >= 0.6 is 0 Å². The van der Waals surface area contributed by atoms with Crippen LogP contribution in [-0.2, 0) is 6.42 Å². The van der Waals surface area contributed by atoms with E-state index in [0.717, 1.165) is 11.1 Å². The van der Waals surface area contributed by atoms with Gasteiger partial charge in [0.1, 0.15) is 11.5 Å². The van der Waals surface area contributed by atoms with Crippen molar-refractivity contribution >= 4 is 11.9 Å². The van der Waals surface area contributed by atoms with Gasteiger partial charge < -0.3 is 18.9 Å². The van der Waals surface area contributed by atoms with Gasteiger partial charge in [-0.25, -0.2) is 0 Å². The summed E-state index contributed by atoms with van der Waals surface area (Å²) in [5, 5.41) is 0. The molecule has 0 aliphatic rings. The van der Waals surface area contributed by atoms with Crippen molar-refractivity contribution in [1.29, 1.82) is 0 Å². The van der Waals surface area contributed by atoms with Crippen LogP contribution in [0.1, 0.15) is 35.3 Å². The number of hydrogen-bond acceptors (Lipinski definition) is 5. The van der Waals surface area contributed by atoms with Crippen molar-refractivity contribution in [3.05, 3.63) is 64.7 Å². The highest BCUT2D eigenvalue weighted by molar-refractivity contribution is 6.09. The maximum atomic E-state index is 12.9. The molecule has 0 unspecified atom stereocenters. The molecule has 0 radical (unpaired) electrons. The van der Waals surface area contributed by atoms with Crippen LogP contribution in [0.15, 0.2) is 48.1 Å². The van der Waals surface area contributed by atoms with Gasteiger partial charge in [-0.1, -0.05) is 23.8 Å². The van der Waals surface area contributed by atoms with E-state index >= 15 is 0 Å². The van der Waals surface area contributed by atoms with Crippen LogP contribution < -0.4 is 18.9 Å². The number of ether oxygens (including phenoxy) is 4. The van der Waals surface area contributed by atoms with Crippen molar-refractivity contribution in [2.45, 2.75) is 20.3 Å². The average Bonchev–Trinajstić information content (AvgIpc) is 2.74. The molecule has 5 nitrogen and oxygen atoms in total. The molecule has 0 saturated heterocycles. The summed E-state index contributed by atoms with van der Waals surface area (Å²) in [5.41, 5.74) is 3.44. The van der Waals surface area contributed by atoms with E-state index in [1.165, 1.54) is 11.6 Å². The number of methoxy groups -OCH3 is 4. The van der Waals surface area contributed by atoms with Crippen LogP contribution in [0.3, 0.4) is 0 Å². The number of carbonyl (C=O) groups is 1. The summed E-state index contributed by atoms with van der Waals surface area (Å²) < 4.78 is 21.4. The predicted octanol–water partition coefficient (Wildman–Crippen LogP) is 5.13. The normalized spacial score (nSPS) is 10.6. The number of carbonyl (C=O) groups excluding carboxylic acids is 1. The minimum atomic E-state index is -0.155. The Morgan fingerprint density at radius 1 is 0.828 bits per heavy atom. The summed E-state index contributed by atoms with van der Waals surface area (Å²) in [6.45, 7) is 4.07. The van der Waals surface area contributed by atoms with E-state index in [2.05, 4.69) is 6.08 Å². The lowest BCUT2D eigenvalue weighted by molar-refractivity contribution is 0.104. The molecule has 0 heterocycles. The van der Waals surface area contributed by atoms with E-state index in [9.17, 15) is 4.79 Å². The molecule has 2 aromatic carbocycles. The third kappa shape index (κ3) is 5.64. The highest BCUT2D eigenvalue weighted by atomic mass is 16.5. The Hall–Kier alpha value is -3.21. The first-order chi connectivity index (χ1) is 13.9. The molecule has 0 saturated carbocycles. The zero-order valence-corrected chi connectivity index (χ0v) is 17.9. The predicted molar refractivity (Wildman–Crippen MR) is 116 cm³/mol. The smallest absolute Gasteiger partial charge is 0.189 e. The van der Waals surface area contributed by atoms with Gasteiger partial charge in [0, 0.05) is 6.07 Å². The van der Waals surface area contributed by atoms with Gasteiger partial charge in [0.15, 0.2) is 17.3 Å². The monoisotopic (exact) mass is 396 g/mol. The summed E-state index contributed by atoms with van der Waals surface area (Å²) in [5.74, 6) is 2.26. The Morgan fingerprint density at radius 3 is 2.07 bits per heavy atom. The molecule has 0 fully saturated rings. The van der Waals surface area contributed by atoms with Crippen molar-refractivity contribution in [2.24, 2.45) is 0 Å². The maximum absolute atomic E-state index is 12.9. The molecule has 29 heavy (non-hydrogen) atoms. The summed E-state index contributed by atoms with van der Waals surface area (Å²) in [6.07, 6.45) is 6.03. The Labute approximate surface area is 172 Å². The largest absolute Gasteiger partial charge is 0.496 e. The summed E-state index contributed by atoms with van der Waals surface area (Å²) >= 11 is 0. The van der Waals surface area contributed by atoms with E-state index < -0.39 is 0 Å². The third-order valence-corrected chi connectivity index (χ3v) is 4.43. The first-order valence-electron chi connectivity index (χ1n) is 9.26. The SMILES string of the molecule is COc1cc(OC)c(C(=O)/C=C/c2ccc(OC)c(OC)c2)cc1CC=C(C)C. The standard InChI is InChI=1S/C24H28O5/c1-16(2)7-10-18-14-19(23(28-5)15-22(18)27-4)20(25)11-8-17-9-12-21(26-3)24(13-17)29-6/h7-9,11-15H,10H2,1-6H3/b11-8+. The minimum Gasteiger partial charge on any atom is -0.496 e. The van der Waals surface area contributed by atoms with E-state index in [1.807, 2.05) is 32.0 Å². The summed E-state index contributed by atoms with van der Waals surface area (Å²) in [4.78, 5) is 12.9. The van der Waals surface area contributed by atoms with E-state index in [-0.39, 0.29) is 5.78 Å². The topological polar surface area (TPSA) is 54.0 Å². The fraction of sp³-hybridized carbons (Fsp3) is 0.292. The number of hydrogen-bond donors (Lipinski definition) is 0. The second kappa shape index (κ2) is 10.4. The van der Waals surface area contributed by atoms with E-state index in [4.69, 9.17) is 18.9 Å². The third-order valence-electron chi connectivity index (χ3n) is 4.43. The second-order valence-corrected chi connectivity index (χ2v) is 6.66. The van der Waals surface area contributed by atoms with Crippen molar-refractivity contribution in [3.8, 4) is 23.0 Å². The molecule has 0 aliphatic carbocycles. The maximum Gasteiger partial charge on any atom is 0.189 e. The number of ketones is 1. The van der Waals surface area contributed by atoms with Crippen LogP contribution in [0.4, 0.5) is 0 Å². The molecule has 5 heteroatoms. The molecule has 0 bridgehead atoms. The van der Waals surface area contributed by atoms with E-state index in [1.54, 1.807) is 46.6 Å². The van der Waals surface area contributed by atoms with Crippen LogP contribution in [0.5, 0.6) is 23.0 Å². The second-order valence-electron chi connectivity index (χ2n) is 6.66. The lowest BCUT2D eigenvalue weighted by Gasteiger charge is -2.13. The van der Waals surface area contributed by atoms with Gasteiger partial charge >= 0.3 is 0 Å². The van der Waals surface area contributed by atoms with Gasteiger partial charge in [0.05, 0.1) is 34.0 Å². The fourth-order valence-electron chi connectivity index (χ4n) is 2.85. The molecule has 0 N–H and O–H groups in total. The Bertz CT molecular complexity index is 921. The zero-order valence-electron chi connectivity index (χ0n) is 17.9. The van der Waals surface area contributed by atoms with Gasteiger partial charge in [-0.05, 0) is 55.7 Å². The van der Waals surface area contributed by atoms with Crippen LogP contribution in [0.25, 0.3) is 6.08 Å². The lowest BCUT2D eigenvalue weighted by atomic mass is 10.0.